The van der Waals surface area contributed by atoms with Crippen LogP contribution in [0.1, 0.15) is 11.1 Å². The van der Waals surface area contributed by atoms with E-state index in [4.69, 9.17) is 22.7 Å². The molecule has 0 spiro atoms. The predicted molar refractivity (Wildman–Crippen MR) is 94.0 cm³/mol. The first-order valence-corrected chi connectivity index (χ1v) is 7.36. The predicted octanol–water partition coefficient (Wildman–Crippen LogP) is 3.43. The molecule has 4 nitrogen and oxygen atoms in total. The molecule has 0 aliphatic carbocycles. The van der Waals surface area contributed by atoms with Gasteiger partial charge < -0.3 is 15.8 Å². The van der Waals surface area contributed by atoms with Gasteiger partial charge in [0.15, 0.2) is 11.0 Å². The number of nitrogens with one attached hydrogen (secondary N) is 1. The van der Waals surface area contributed by atoms with Crippen LogP contribution in [0.25, 0.3) is 6.08 Å². The zero-order chi connectivity index (χ0) is 15.5. The van der Waals surface area contributed by atoms with E-state index in [1.807, 2.05) is 47.4 Å². The normalized spacial score (nSPS) is 13.1. The van der Waals surface area contributed by atoms with Crippen LogP contribution in [0.3, 0.4) is 0 Å². The van der Waals surface area contributed by atoms with E-state index in [1.54, 1.807) is 7.11 Å². The highest BCUT2D eigenvalue weighted by atomic mass is 32.1. The summed E-state index contributed by atoms with van der Waals surface area (Å²) in [6.07, 6.45) is 1.99. The minimum atomic E-state index is 0.556. The van der Waals surface area contributed by atoms with Gasteiger partial charge in [0.25, 0.3) is 0 Å². The zero-order valence-electron chi connectivity index (χ0n) is 12.2. The molecule has 0 atom stereocenters. The number of anilines is 2. The number of methoxy groups -OCH3 is 1. The van der Waals surface area contributed by atoms with Gasteiger partial charge in [0, 0.05) is 6.08 Å². The average Bonchev–Trinajstić information content (AvgIpc) is 2.55. The first-order valence-electron chi connectivity index (χ1n) is 6.95. The van der Waals surface area contributed by atoms with E-state index in [2.05, 4.69) is 17.4 Å². The van der Waals surface area contributed by atoms with Crippen molar-refractivity contribution in [3.8, 4) is 0 Å². The quantitative estimate of drug-likeness (QED) is 0.657. The van der Waals surface area contributed by atoms with Gasteiger partial charge in [0.05, 0.1) is 25.0 Å². The Balaban J connectivity index is 1.86. The van der Waals surface area contributed by atoms with E-state index in [1.165, 1.54) is 5.56 Å². The second kappa shape index (κ2) is 6.07. The summed E-state index contributed by atoms with van der Waals surface area (Å²) in [6, 6.07) is 15.7. The lowest BCUT2D eigenvalue weighted by atomic mass is 10.0. The minimum Gasteiger partial charge on any atom is -0.482 e. The van der Waals surface area contributed by atoms with Gasteiger partial charge in [0.2, 0.25) is 0 Å². The molecule has 2 aromatic rings. The SMILES string of the molecule is COC1=Cc2ccccc2CN1C(=S)Nc1ccccc1N. The summed E-state index contributed by atoms with van der Waals surface area (Å²) in [6.45, 7) is 0.661. The molecule has 3 rings (SSSR count). The highest BCUT2D eigenvalue weighted by Crippen LogP contribution is 2.26. The van der Waals surface area contributed by atoms with Crippen LogP contribution in [0.4, 0.5) is 11.4 Å². The topological polar surface area (TPSA) is 50.5 Å². The molecule has 22 heavy (non-hydrogen) atoms. The first-order chi connectivity index (χ1) is 10.7. The fourth-order valence-electron chi connectivity index (χ4n) is 2.41. The zero-order valence-corrected chi connectivity index (χ0v) is 13.1. The Kier molecular flexibility index (Phi) is 3.98. The fraction of sp³-hybridized carbons (Fsp3) is 0.118. The maximum absolute atomic E-state index is 5.96. The molecule has 5 heteroatoms. The maximum atomic E-state index is 5.96. The molecule has 0 saturated carbocycles. The maximum Gasteiger partial charge on any atom is 0.196 e. The van der Waals surface area contributed by atoms with Gasteiger partial charge in [-0.25, -0.2) is 0 Å². The van der Waals surface area contributed by atoms with Crippen molar-refractivity contribution in [3.63, 3.8) is 0 Å². The Bertz CT molecular complexity index is 742. The summed E-state index contributed by atoms with van der Waals surface area (Å²) in [5, 5.41) is 3.74. The Hall–Kier alpha value is -2.53. The molecule has 0 amide bonds. The highest BCUT2D eigenvalue weighted by molar-refractivity contribution is 7.80. The van der Waals surface area contributed by atoms with E-state index < -0.39 is 0 Å². The van der Waals surface area contributed by atoms with Crippen molar-refractivity contribution < 1.29 is 4.74 Å². The fourth-order valence-corrected chi connectivity index (χ4v) is 2.68. The van der Waals surface area contributed by atoms with Crippen molar-refractivity contribution in [3.05, 3.63) is 65.5 Å². The van der Waals surface area contributed by atoms with Crippen molar-refractivity contribution in [2.45, 2.75) is 6.54 Å². The molecule has 0 saturated heterocycles. The number of hydrogen-bond acceptors (Lipinski definition) is 3. The molecule has 3 N–H and O–H groups in total. The largest absolute Gasteiger partial charge is 0.482 e. The van der Waals surface area contributed by atoms with Crippen LogP contribution >= 0.6 is 12.2 Å². The van der Waals surface area contributed by atoms with Gasteiger partial charge >= 0.3 is 0 Å². The number of fused-ring (bicyclic) bond motifs is 1. The molecule has 1 heterocycles. The number of rotatable bonds is 2. The lowest BCUT2D eigenvalue weighted by Gasteiger charge is -2.31. The van der Waals surface area contributed by atoms with Crippen molar-refractivity contribution in [1.29, 1.82) is 0 Å². The molecule has 0 aromatic heterocycles. The molecule has 0 unspecified atom stereocenters. The Morgan fingerprint density at radius 2 is 1.91 bits per heavy atom. The molecule has 2 aromatic carbocycles. The van der Waals surface area contributed by atoms with Crippen molar-refractivity contribution in [2.75, 3.05) is 18.2 Å². The standard InChI is InChI=1S/C17H17N3OS/c1-21-16-10-12-6-2-3-7-13(12)11-20(16)17(22)19-15-9-5-4-8-14(15)18/h2-10H,11,18H2,1H3,(H,19,22). The number of benzene rings is 2. The minimum absolute atomic E-state index is 0.556. The number of thiocarbonyl (C=S) groups is 1. The highest BCUT2D eigenvalue weighted by Gasteiger charge is 2.22. The molecule has 0 bridgehead atoms. The van der Waals surface area contributed by atoms with Crippen molar-refractivity contribution in [2.24, 2.45) is 0 Å². The number of para-hydroxylation sites is 2. The summed E-state index contributed by atoms with van der Waals surface area (Å²) in [5.41, 5.74) is 9.76. The third kappa shape index (κ3) is 2.76. The summed E-state index contributed by atoms with van der Waals surface area (Å²) < 4.78 is 5.48. The number of nitrogens with zero attached hydrogens (tertiary/aromatic N) is 1. The molecule has 1 aliphatic heterocycles. The monoisotopic (exact) mass is 311 g/mol. The molecular formula is C17H17N3OS. The van der Waals surface area contributed by atoms with Crippen LogP contribution in [-0.2, 0) is 11.3 Å². The van der Waals surface area contributed by atoms with E-state index in [0.29, 0.717) is 23.2 Å². The average molecular weight is 311 g/mol. The Morgan fingerprint density at radius 1 is 1.18 bits per heavy atom. The Labute approximate surface area is 135 Å². The van der Waals surface area contributed by atoms with Gasteiger partial charge in [-0.15, -0.1) is 0 Å². The van der Waals surface area contributed by atoms with Crippen LogP contribution in [0, 0.1) is 0 Å². The second-order valence-corrected chi connectivity index (χ2v) is 5.38. The molecular weight excluding hydrogens is 294 g/mol. The van der Waals surface area contributed by atoms with Crippen LogP contribution in [0.5, 0.6) is 0 Å². The Morgan fingerprint density at radius 3 is 2.68 bits per heavy atom. The molecule has 0 radical (unpaired) electrons. The van der Waals surface area contributed by atoms with Gasteiger partial charge in [-0.3, -0.25) is 4.90 Å². The molecule has 0 fully saturated rings. The third-order valence-electron chi connectivity index (χ3n) is 3.59. The smallest absolute Gasteiger partial charge is 0.196 e. The van der Waals surface area contributed by atoms with Crippen molar-refractivity contribution >= 4 is 34.8 Å². The van der Waals surface area contributed by atoms with E-state index in [9.17, 15) is 0 Å². The molecule has 1 aliphatic rings. The summed E-state index contributed by atoms with van der Waals surface area (Å²) >= 11 is 5.53. The van der Waals surface area contributed by atoms with Gasteiger partial charge in [-0.2, -0.15) is 0 Å². The number of nitrogen functional groups attached to an aromatic ring is 1. The number of ether oxygens (including phenoxy) is 1. The van der Waals surface area contributed by atoms with Crippen LogP contribution < -0.4 is 11.1 Å². The van der Waals surface area contributed by atoms with E-state index in [-0.39, 0.29) is 0 Å². The molecule has 112 valence electrons. The first kappa shape index (κ1) is 14.4. The van der Waals surface area contributed by atoms with E-state index in [0.717, 1.165) is 11.3 Å². The lowest BCUT2D eigenvalue weighted by Crippen LogP contribution is -2.36. The number of hydrogen-bond donors (Lipinski definition) is 2. The second-order valence-electron chi connectivity index (χ2n) is 4.99. The van der Waals surface area contributed by atoms with Crippen LogP contribution in [-0.4, -0.2) is 17.1 Å². The van der Waals surface area contributed by atoms with Crippen LogP contribution in [0.2, 0.25) is 0 Å². The summed E-state index contributed by atoms with van der Waals surface area (Å²) in [5.74, 6) is 0.714. The van der Waals surface area contributed by atoms with Crippen molar-refractivity contribution in [1.82, 2.24) is 4.90 Å². The van der Waals surface area contributed by atoms with Gasteiger partial charge in [-0.05, 0) is 35.5 Å². The van der Waals surface area contributed by atoms with E-state index >= 15 is 0 Å². The summed E-state index contributed by atoms with van der Waals surface area (Å²) in [7, 11) is 1.65. The lowest BCUT2D eigenvalue weighted by molar-refractivity contribution is 0.202. The number of nitrogens with two attached hydrogens (primary N) is 1. The summed E-state index contributed by atoms with van der Waals surface area (Å²) in [4.78, 5) is 1.92. The van der Waals surface area contributed by atoms with Gasteiger partial charge in [0.1, 0.15) is 0 Å². The van der Waals surface area contributed by atoms with Crippen LogP contribution in [0.15, 0.2) is 54.4 Å². The third-order valence-corrected chi connectivity index (χ3v) is 3.91. The van der Waals surface area contributed by atoms with Gasteiger partial charge in [-0.1, -0.05) is 36.4 Å².